The number of hydrogen-bond donors (Lipinski definition) is 4. The third kappa shape index (κ3) is 1.89. The van der Waals surface area contributed by atoms with Gasteiger partial charge in [-0.1, -0.05) is 12.1 Å². The number of aromatic amines is 1. The lowest BCUT2D eigenvalue weighted by Gasteiger charge is -2.26. The van der Waals surface area contributed by atoms with Crippen molar-refractivity contribution < 1.29 is 14.7 Å². The molecule has 0 aliphatic carbocycles. The standard InChI is InChI=1S/C13H12N4O3/c1-6-9-10(17-16-6)12(18)15-11(14-9)7-2-4-8(5-3-7)13(19)20/h2-5,11,14H,1H3,(H,15,18)(H,16,17)(H,19,20). The first kappa shape index (κ1) is 12.2. The van der Waals surface area contributed by atoms with E-state index in [0.717, 1.165) is 11.3 Å². The second-order valence-corrected chi connectivity index (χ2v) is 4.55. The molecule has 0 bridgehead atoms. The normalized spacial score (nSPS) is 17.1. The molecule has 0 spiro atoms. The molecule has 102 valence electrons. The van der Waals surface area contributed by atoms with Crippen LogP contribution in [0.2, 0.25) is 0 Å². The van der Waals surface area contributed by atoms with Gasteiger partial charge in [-0.2, -0.15) is 5.10 Å². The number of anilines is 1. The van der Waals surface area contributed by atoms with Crippen molar-refractivity contribution in [1.29, 1.82) is 0 Å². The fourth-order valence-corrected chi connectivity index (χ4v) is 2.13. The first-order valence-electron chi connectivity index (χ1n) is 6.02. The molecular weight excluding hydrogens is 260 g/mol. The zero-order valence-corrected chi connectivity index (χ0v) is 10.6. The number of carboxylic acids is 1. The van der Waals surface area contributed by atoms with Crippen molar-refractivity contribution in [1.82, 2.24) is 15.5 Å². The van der Waals surface area contributed by atoms with Gasteiger partial charge in [0, 0.05) is 0 Å². The minimum atomic E-state index is -0.981. The number of aromatic carboxylic acids is 1. The van der Waals surface area contributed by atoms with E-state index in [1.807, 2.05) is 6.92 Å². The molecule has 1 unspecified atom stereocenters. The van der Waals surface area contributed by atoms with Gasteiger partial charge in [0.2, 0.25) is 0 Å². The van der Waals surface area contributed by atoms with Crippen LogP contribution in [0.4, 0.5) is 5.69 Å². The molecule has 0 fully saturated rings. The van der Waals surface area contributed by atoms with Crippen molar-refractivity contribution in [2.75, 3.05) is 5.32 Å². The Balaban J connectivity index is 1.91. The maximum atomic E-state index is 11.9. The van der Waals surface area contributed by atoms with Crippen LogP contribution in [0.3, 0.4) is 0 Å². The minimum absolute atomic E-state index is 0.205. The average molecular weight is 272 g/mol. The Hall–Kier alpha value is -2.83. The number of nitrogens with one attached hydrogen (secondary N) is 3. The maximum absolute atomic E-state index is 11.9. The monoisotopic (exact) mass is 272 g/mol. The van der Waals surface area contributed by atoms with E-state index in [1.165, 1.54) is 12.1 Å². The van der Waals surface area contributed by atoms with Crippen molar-refractivity contribution in [3.8, 4) is 0 Å². The van der Waals surface area contributed by atoms with E-state index in [1.54, 1.807) is 12.1 Å². The summed E-state index contributed by atoms with van der Waals surface area (Å²) in [6, 6.07) is 6.34. The van der Waals surface area contributed by atoms with Crippen molar-refractivity contribution >= 4 is 17.6 Å². The molecule has 2 aromatic rings. The number of carbonyl (C=O) groups is 2. The number of carboxylic acid groups (broad SMARTS) is 1. The van der Waals surface area contributed by atoms with E-state index < -0.39 is 12.1 Å². The van der Waals surface area contributed by atoms with Crippen LogP contribution in [0, 0.1) is 6.92 Å². The highest BCUT2D eigenvalue weighted by molar-refractivity contribution is 6.00. The zero-order chi connectivity index (χ0) is 14.3. The van der Waals surface area contributed by atoms with Crippen molar-refractivity contribution in [3.05, 3.63) is 46.8 Å². The van der Waals surface area contributed by atoms with Gasteiger partial charge in [-0.3, -0.25) is 9.89 Å². The van der Waals surface area contributed by atoms with Gasteiger partial charge < -0.3 is 15.7 Å². The predicted molar refractivity (Wildman–Crippen MR) is 70.6 cm³/mol. The predicted octanol–water partition coefficient (Wildman–Crippen LogP) is 1.27. The molecule has 7 heteroatoms. The van der Waals surface area contributed by atoms with Gasteiger partial charge in [-0.25, -0.2) is 4.79 Å². The lowest BCUT2D eigenvalue weighted by Crippen LogP contribution is -2.38. The van der Waals surface area contributed by atoms with Crippen LogP contribution >= 0.6 is 0 Å². The topological polar surface area (TPSA) is 107 Å². The summed E-state index contributed by atoms with van der Waals surface area (Å²) in [6.07, 6.45) is -0.408. The molecule has 1 aliphatic rings. The summed E-state index contributed by atoms with van der Waals surface area (Å²) in [5, 5.41) is 21.5. The number of fused-ring (bicyclic) bond motifs is 1. The highest BCUT2D eigenvalue weighted by atomic mass is 16.4. The fraction of sp³-hybridized carbons (Fsp3) is 0.154. The molecule has 2 heterocycles. The SMILES string of the molecule is Cc1[nH]nc2c1NC(c1ccc(C(=O)O)cc1)NC2=O. The number of amides is 1. The molecule has 1 atom stereocenters. The number of hydrogen-bond acceptors (Lipinski definition) is 4. The van der Waals surface area contributed by atoms with E-state index in [9.17, 15) is 9.59 Å². The Morgan fingerprint density at radius 2 is 1.95 bits per heavy atom. The van der Waals surface area contributed by atoms with E-state index in [-0.39, 0.29) is 11.5 Å². The third-order valence-electron chi connectivity index (χ3n) is 3.22. The van der Waals surface area contributed by atoms with Crippen molar-refractivity contribution in [3.63, 3.8) is 0 Å². The molecule has 1 amide bonds. The van der Waals surface area contributed by atoms with E-state index in [4.69, 9.17) is 5.11 Å². The Kier molecular flexibility index (Phi) is 2.67. The highest BCUT2D eigenvalue weighted by Crippen LogP contribution is 2.27. The first-order valence-corrected chi connectivity index (χ1v) is 6.02. The van der Waals surface area contributed by atoms with Crippen molar-refractivity contribution in [2.45, 2.75) is 13.1 Å². The number of aryl methyl sites for hydroxylation is 1. The summed E-state index contributed by atoms with van der Waals surface area (Å²) in [6.45, 7) is 1.82. The van der Waals surface area contributed by atoms with Crippen LogP contribution in [-0.4, -0.2) is 27.2 Å². The number of benzene rings is 1. The lowest BCUT2D eigenvalue weighted by atomic mass is 10.1. The average Bonchev–Trinajstić information content (AvgIpc) is 2.81. The maximum Gasteiger partial charge on any atom is 0.335 e. The van der Waals surface area contributed by atoms with Crippen LogP contribution < -0.4 is 10.6 Å². The first-order chi connectivity index (χ1) is 9.56. The van der Waals surface area contributed by atoms with Gasteiger partial charge in [-0.05, 0) is 24.6 Å². The van der Waals surface area contributed by atoms with Crippen LogP contribution in [0.15, 0.2) is 24.3 Å². The van der Waals surface area contributed by atoms with Gasteiger partial charge in [-0.15, -0.1) is 0 Å². The molecule has 7 nitrogen and oxygen atoms in total. The molecule has 3 rings (SSSR count). The number of rotatable bonds is 2. The molecule has 1 aromatic carbocycles. The molecule has 1 aliphatic heterocycles. The Labute approximate surface area is 114 Å². The summed E-state index contributed by atoms with van der Waals surface area (Å²) in [5.41, 5.74) is 2.76. The molecule has 0 radical (unpaired) electrons. The van der Waals surface area contributed by atoms with Crippen molar-refractivity contribution in [2.24, 2.45) is 0 Å². The molecule has 20 heavy (non-hydrogen) atoms. The second-order valence-electron chi connectivity index (χ2n) is 4.55. The Morgan fingerprint density at radius 3 is 2.60 bits per heavy atom. The largest absolute Gasteiger partial charge is 0.478 e. The van der Waals surface area contributed by atoms with E-state index >= 15 is 0 Å². The fourth-order valence-electron chi connectivity index (χ4n) is 2.13. The number of aromatic nitrogens is 2. The summed E-state index contributed by atoms with van der Waals surface area (Å²) in [4.78, 5) is 22.7. The Bertz CT molecular complexity index is 690. The summed E-state index contributed by atoms with van der Waals surface area (Å²) < 4.78 is 0. The molecule has 4 N–H and O–H groups in total. The summed E-state index contributed by atoms with van der Waals surface area (Å²) in [5.74, 6) is -1.25. The van der Waals surface area contributed by atoms with Gasteiger partial charge in [0.05, 0.1) is 16.9 Å². The zero-order valence-electron chi connectivity index (χ0n) is 10.6. The highest BCUT2D eigenvalue weighted by Gasteiger charge is 2.28. The lowest BCUT2D eigenvalue weighted by molar-refractivity contribution is 0.0696. The molecule has 0 saturated heterocycles. The molecule has 0 saturated carbocycles. The molecular formula is C13H12N4O3. The summed E-state index contributed by atoms with van der Waals surface area (Å²) in [7, 11) is 0. The van der Waals surface area contributed by atoms with Crippen LogP contribution in [0.5, 0.6) is 0 Å². The Morgan fingerprint density at radius 1 is 1.25 bits per heavy atom. The van der Waals surface area contributed by atoms with Crippen LogP contribution in [0.25, 0.3) is 0 Å². The second kappa shape index (κ2) is 4.37. The summed E-state index contributed by atoms with van der Waals surface area (Å²) >= 11 is 0. The van der Waals surface area contributed by atoms with Crippen LogP contribution in [-0.2, 0) is 0 Å². The smallest absolute Gasteiger partial charge is 0.335 e. The number of H-pyrrole nitrogens is 1. The van der Waals surface area contributed by atoms with Gasteiger partial charge in [0.1, 0.15) is 6.17 Å². The van der Waals surface area contributed by atoms with E-state index in [0.29, 0.717) is 11.4 Å². The number of carbonyl (C=O) groups excluding carboxylic acids is 1. The van der Waals surface area contributed by atoms with Gasteiger partial charge in [0.15, 0.2) is 5.69 Å². The third-order valence-corrected chi connectivity index (χ3v) is 3.22. The van der Waals surface area contributed by atoms with E-state index in [2.05, 4.69) is 20.8 Å². The van der Waals surface area contributed by atoms with Gasteiger partial charge in [0.25, 0.3) is 5.91 Å². The quantitative estimate of drug-likeness (QED) is 0.658. The minimum Gasteiger partial charge on any atom is -0.478 e. The van der Waals surface area contributed by atoms with Gasteiger partial charge >= 0.3 is 5.97 Å². The molecule has 1 aromatic heterocycles. The van der Waals surface area contributed by atoms with Crippen LogP contribution in [0.1, 0.15) is 38.3 Å². The number of nitrogens with zero attached hydrogens (tertiary/aromatic N) is 1.